The number of amides is 1. The van der Waals surface area contributed by atoms with Crippen LogP contribution in [0.3, 0.4) is 0 Å². The first-order valence-corrected chi connectivity index (χ1v) is 8.74. The van der Waals surface area contributed by atoms with E-state index in [0.717, 1.165) is 4.47 Å². The molecule has 0 fully saturated rings. The second kappa shape index (κ2) is 8.99. The number of ether oxygens (including phenoxy) is 1. The summed E-state index contributed by atoms with van der Waals surface area (Å²) in [6.07, 6.45) is 1.63. The number of nitrogens with zero attached hydrogens (tertiary/aromatic N) is 1. The Morgan fingerprint density at radius 3 is 2.68 bits per heavy atom. The number of rotatable bonds is 5. The Labute approximate surface area is 163 Å². The van der Waals surface area contributed by atoms with Crippen LogP contribution in [0.5, 0.6) is 5.75 Å². The lowest BCUT2D eigenvalue weighted by Gasteiger charge is -2.07. The third kappa shape index (κ3) is 5.56. The maximum absolute atomic E-state index is 12.1. The topological polar surface area (TPSA) is 67.8 Å². The molecule has 0 aliphatic rings. The molecule has 0 aliphatic carbocycles. The molecule has 0 aromatic heterocycles. The minimum absolute atomic E-state index is 0.222. The maximum atomic E-state index is 12.1. The van der Waals surface area contributed by atoms with Crippen molar-refractivity contribution in [1.29, 1.82) is 0 Å². The SMILES string of the molecule is CCC(=O)Oc1ccc(Br)cc1/C=N\NC(=O)c1ccc(Cl)cc1Cl. The first kappa shape index (κ1) is 19.4. The Kier molecular flexibility index (Phi) is 6.99. The quantitative estimate of drug-likeness (QED) is 0.311. The van der Waals surface area contributed by atoms with Crippen molar-refractivity contribution in [1.82, 2.24) is 5.43 Å². The van der Waals surface area contributed by atoms with Gasteiger partial charge in [0.05, 0.1) is 16.8 Å². The smallest absolute Gasteiger partial charge is 0.310 e. The number of carbonyl (C=O) groups is 2. The van der Waals surface area contributed by atoms with Crippen molar-refractivity contribution in [2.75, 3.05) is 0 Å². The minimum Gasteiger partial charge on any atom is -0.426 e. The van der Waals surface area contributed by atoms with Crippen LogP contribution in [0.15, 0.2) is 46.0 Å². The largest absolute Gasteiger partial charge is 0.426 e. The number of nitrogens with one attached hydrogen (secondary N) is 1. The summed E-state index contributed by atoms with van der Waals surface area (Å²) in [7, 11) is 0. The molecule has 0 aliphatic heterocycles. The fraction of sp³-hybridized carbons (Fsp3) is 0.118. The fourth-order valence-corrected chi connectivity index (χ4v) is 2.68. The molecule has 2 aromatic carbocycles. The van der Waals surface area contributed by atoms with E-state index in [1.807, 2.05) is 0 Å². The molecule has 2 rings (SSSR count). The molecular formula is C17H13BrCl2N2O3. The standard InChI is InChI=1S/C17H13BrCl2N2O3/c1-2-16(23)25-15-6-3-11(18)7-10(15)9-21-22-17(24)13-5-4-12(19)8-14(13)20/h3-9H,2H2,1H3,(H,22,24)/b21-9-. The van der Waals surface area contributed by atoms with E-state index in [4.69, 9.17) is 27.9 Å². The van der Waals surface area contributed by atoms with Crippen molar-refractivity contribution in [2.45, 2.75) is 13.3 Å². The highest BCUT2D eigenvalue weighted by molar-refractivity contribution is 9.10. The molecule has 0 unspecified atom stereocenters. The number of benzene rings is 2. The first-order valence-electron chi connectivity index (χ1n) is 7.19. The molecule has 0 atom stereocenters. The fourth-order valence-electron chi connectivity index (χ4n) is 1.80. The zero-order valence-electron chi connectivity index (χ0n) is 13.1. The van der Waals surface area contributed by atoms with Gasteiger partial charge in [0, 0.05) is 21.5 Å². The molecule has 25 heavy (non-hydrogen) atoms. The Bertz CT molecular complexity index is 841. The molecule has 1 amide bonds. The molecule has 1 N–H and O–H groups in total. The van der Waals surface area contributed by atoms with Gasteiger partial charge in [0.1, 0.15) is 5.75 Å². The molecule has 0 radical (unpaired) electrons. The van der Waals surface area contributed by atoms with E-state index in [9.17, 15) is 9.59 Å². The Hall–Kier alpha value is -1.89. The molecule has 0 heterocycles. The normalized spacial score (nSPS) is 10.7. The van der Waals surface area contributed by atoms with Crippen LogP contribution in [0.1, 0.15) is 29.3 Å². The summed E-state index contributed by atoms with van der Waals surface area (Å²) in [5.74, 6) is -0.508. The summed E-state index contributed by atoms with van der Waals surface area (Å²) >= 11 is 15.1. The highest BCUT2D eigenvalue weighted by Crippen LogP contribution is 2.23. The van der Waals surface area contributed by atoms with Gasteiger partial charge in [-0.05, 0) is 36.4 Å². The molecule has 5 nitrogen and oxygen atoms in total. The van der Waals surface area contributed by atoms with E-state index in [2.05, 4.69) is 26.5 Å². The second-order valence-electron chi connectivity index (χ2n) is 4.83. The third-order valence-corrected chi connectivity index (χ3v) is 4.07. The lowest BCUT2D eigenvalue weighted by Crippen LogP contribution is -2.18. The van der Waals surface area contributed by atoms with Crippen LogP contribution in [0.2, 0.25) is 10.0 Å². The van der Waals surface area contributed by atoms with Crippen molar-refractivity contribution in [3.05, 3.63) is 62.0 Å². The summed E-state index contributed by atoms with van der Waals surface area (Å²) in [5.41, 5.74) is 3.14. The van der Waals surface area contributed by atoms with Crippen LogP contribution < -0.4 is 10.2 Å². The van der Waals surface area contributed by atoms with E-state index >= 15 is 0 Å². The first-order chi connectivity index (χ1) is 11.9. The van der Waals surface area contributed by atoms with E-state index in [1.165, 1.54) is 18.3 Å². The van der Waals surface area contributed by atoms with E-state index in [0.29, 0.717) is 16.3 Å². The summed E-state index contributed by atoms with van der Waals surface area (Å²) in [5, 5.41) is 4.54. The van der Waals surface area contributed by atoms with Gasteiger partial charge >= 0.3 is 5.97 Å². The predicted molar refractivity (Wildman–Crippen MR) is 102 cm³/mol. The summed E-state index contributed by atoms with van der Waals surface area (Å²) in [6.45, 7) is 1.70. The molecule has 0 bridgehead atoms. The minimum atomic E-state index is -0.486. The highest BCUT2D eigenvalue weighted by atomic mass is 79.9. The van der Waals surface area contributed by atoms with Gasteiger partial charge in [0.2, 0.25) is 0 Å². The van der Waals surface area contributed by atoms with Crippen molar-refractivity contribution >= 4 is 57.2 Å². The Balaban J connectivity index is 2.14. The van der Waals surface area contributed by atoms with E-state index in [1.54, 1.807) is 31.2 Å². The number of hydrazone groups is 1. The summed E-state index contributed by atoms with van der Waals surface area (Å²) < 4.78 is 6.00. The average Bonchev–Trinajstić information content (AvgIpc) is 2.56. The maximum Gasteiger partial charge on any atom is 0.310 e. The number of carbonyl (C=O) groups excluding carboxylic acids is 2. The van der Waals surface area contributed by atoms with Gasteiger partial charge in [-0.15, -0.1) is 0 Å². The molecule has 8 heteroatoms. The van der Waals surface area contributed by atoms with E-state index in [-0.39, 0.29) is 23.0 Å². The molecule has 0 spiro atoms. The van der Waals surface area contributed by atoms with Gasteiger partial charge in [-0.1, -0.05) is 46.1 Å². The van der Waals surface area contributed by atoms with Gasteiger partial charge in [-0.2, -0.15) is 5.10 Å². The van der Waals surface area contributed by atoms with E-state index < -0.39 is 5.91 Å². The monoisotopic (exact) mass is 442 g/mol. The summed E-state index contributed by atoms with van der Waals surface area (Å²) in [4.78, 5) is 23.6. The van der Waals surface area contributed by atoms with Crippen LogP contribution in [-0.4, -0.2) is 18.1 Å². The summed E-state index contributed by atoms with van der Waals surface area (Å²) in [6, 6.07) is 9.62. The molecule has 130 valence electrons. The molecule has 2 aromatic rings. The van der Waals surface area contributed by atoms with Crippen molar-refractivity contribution in [2.24, 2.45) is 5.10 Å². The zero-order chi connectivity index (χ0) is 18.4. The number of halogens is 3. The van der Waals surface area contributed by atoms with Crippen molar-refractivity contribution < 1.29 is 14.3 Å². The number of hydrogen-bond acceptors (Lipinski definition) is 4. The van der Waals surface area contributed by atoms with Crippen LogP contribution in [0.25, 0.3) is 0 Å². The van der Waals surface area contributed by atoms with Gasteiger partial charge in [0.15, 0.2) is 0 Å². The van der Waals surface area contributed by atoms with Crippen LogP contribution >= 0.6 is 39.1 Å². The van der Waals surface area contributed by atoms with Gasteiger partial charge in [-0.25, -0.2) is 5.43 Å². The third-order valence-electron chi connectivity index (χ3n) is 3.03. The number of esters is 1. The Morgan fingerprint density at radius 2 is 2.00 bits per heavy atom. The lowest BCUT2D eigenvalue weighted by atomic mass is 10.2. The molecular weight excluding hydrogens is 431 g/mol. The van der Waals surface area contributed by atoms with Gasteiger partial charge < -0.3 is 4.74 Å². The van der Waals surface area contributed by atoms with Crippen LogP contribution in [0.4, 0.5) is 0 Å². The second-order valence-corrected chi connectivity index (χ2v) is 6.59. The predicted octanol–water partition coefficient (Wildman–Crippen LogP) is 4.84. The van der Waals surface area contributed by atoms with Crippen LogP contribution in [0, 0.1) is 0 Å². The molecule has 0 saturated carbocycles. The van der Waals surface area contributed by atoms with Gasteiger partial charge in [0.25, 0.3) is 5.91 Å². The highest BCUT2D eigenvalue weighted by Gasteiger charge is 2.10. The Morgan fingerprint density at radius 1 is 1.24 bits per heavy atom. The van der Waals surface area contributed by atoms with Crippen molar-refractivity contribution in [3.8, 4) is 5.75 Å². The number of hydrogen-bond donors (Lipinski definition) is 1. The molecule has 0 saturated heterocycles. The van der Waals surface area contributed by atoms with Crippen molar-refractivity contribution in [3.63, 3.8) is 0 Å². The van der Waals surface area contributed by atoms with Gasteiger partial charge in [-0.3, -0.25) is 9.59 Å². The lowest BCUT2D eigenvalue weighted by molar-refractivity contribution is -0.134. The zero-order valence-corrected chi connectivity index (χ0v) is 16.2. The average molecular weight is 444 g/mol. The van der Waals surface area contributed by atoms with Crippen LogP contribution in [-0.2, 0) is 4.79 Å².